The first kappa shape index (κ1) is 16.7. The molecule has 1 aromatic carbocycles. The van der Waals surface area contributed by atoms with Gasteiger partial charge in [-0.3, -0.25) is 9.89 Å². The topological polar surface area (TPSA) is 52.2 Å². The summed E-state index contributed by atoms with van der Waals surface area (Å²) in [5, 5.41) is 7.04. The molecule has 1 aliphatic rings. The van der Waals surface area contributed by atoms with E-state index in [0.29, 0.717) is 12.5 Å². The second-order valence-corrected chi connectivity index (χ2v) is 6.77. The van der Waals surface area contributed by atoms with Crippen LogP contribution in [0.25, 0.3) is 11.1 Å². The van der Waals surface area contributed by atoms with Gasteiger partial charge in [0, 0.05) is 30.9 Å². The zero-order chi connectivity index (χ0) is 17.1. The summed E-state index contributed by atoms with van der Waals surface area (Å²) in [6, 6.07) is 9.66. The molecule has 0 spiro atoms. The summed E-state index contributed by atoms with van der Waals surface area (Å²) in [6.07, 6.45) is 4.43. The van der Waals surface area contributed by atoms with Gasteiger partial charge in [0.05, 0.1) is 12.1 Å². The largest absolute Gasteiger partial charge is 0.342 e. The van der Waals surface area contributed by atoms with Crippen LogP contribution in [-0.4, -0.2) is 59.1 Å². The molecule has 5 heteroatoms. The number of piperidine rings is 1. The second-order valence-electron chi connectivity index (χ2n) is 6.77. The van der Waals surface area contributed by atoms with Crippen molar-refractivity contribution < 1.29 is 4.79 Å². The molecule has 24 heavy (non-hydrogen) atoms. The first-order chi connectivity index (χ1) is 11.5. The van der Waals surface area contributed by atoms with Crippen molar-refractivity contribution in [1.29, 1.82) is 0 Å². The summed E-state index contributed by atoms with van der Waals surface area (Å²) in [5.41, 5.74) is 4.08. The molecule has 0 unspecified atom stereocenters. The fourth-order valence-electron chi connectivity index (χ4n) is 3.35. The molecule has 3 rings (SSSR count). The molecule has 1 N–H and O–H groups in total. The average molecular weight is 325 g/mol. The lowest BCUT2D eigenvalue weighted by atomic mass is 10.0. The Morgan fingerprint density at radius 1 is 1.38 bits per heavy atom. The van der Waals surface area contributed by atoms with Crippen LogP contribution in [0.4, 0.5) is 0 Å². The monoisotopic (exact) mass is 325 g/mol. The maximum absolute atomic E-state index is 12.6. The number of nitrogens with one attached hydrogen (secondary N) is 1. The van der Waals surface area contributed by atoms with E-state index < -0.39 is 0 Å². The molecule has 0 saturated carbocycles. The molecule has 2 aromatic rings. The third-order valence-corrected chi connectivity index (χ3v) is 4.89. The third-order valence-electron chi connectivity index (χ3n) is 4.89. The number of H-pyrrole nitrogens is 1. The average Bonchev–Trinajstić information content (AvgIpc) is 3.01. The molecule has 0 aliphatic carbocycles. The normalized spacial score (nSPS) is 15.9. The lowest BCUT2D eigenvalue weighted by Gasteiger charge is -2.35. The number of nitrogens with zero attached hydrogens (tertiary/aromatic N) is 3. The number of carbonyl (C=O) groups excluding carboxylic acids is 1. The Hall–Kier alpha value is -2.14. The van der Waals surface area contributed by atoms with E-state index in [4.69, 9.17) is 0 Å². The van der Waals surface area contributed by atoms with E-state index in [1.54, 1.807) is 0 Å². The Kier molecular flexibility index (Phi) is 5.00. The zero-order valence-corrected chi connectivity index (χ0v) is 14.7. The molecule has 2 heterocycles. The van der Waals surface area contributed by atoms with E-state index in [2.05, 4.69) is 41.3 Å². The minimum absolute atomic E-state index is 0.210. The van der Waals surface area contributed by atoms with Gasteiger partial charge in [-0.2, -0.15) is 5.10 Å². The smallest absolute Gasteiger partial charge is 0.226 e. The second kappa shape index (κ2) is 7.18. The number of hydrogen-bond acceptors (Lipinski definition) is 3. The predicted octanol–water partition coefficient (Wildman–Crippen LogP) is 2.28. The molecule has 1 aromatic heterocycles. The maximum atomic E-state index is 12.6. The van der Waals surface area contributed by atoms with Gasteiger partial charge in [0.2, 0.25) is 5.91 Å². The van der Waals surface area contributed by atoms with Crippen molar-refractivity contribution in [3.8, 4) is 11.1 Å². The Bertz CT molecular complexity index is 699. The number of aromatic nitrogens is 2. The SMILES string of the molecule is Cc1n[nH]cc1-c1c[c]cc(CC(=O)N2CCC(N(C)C)CC2)c1. The van der Waals surface area contributed by atoms with Crippen LogP contribution in [0, 0.1) is 13.0 Å². The van der Waals surface area contributed by atoms with Gasteiger partial charge >= 0.3 is 0 Å². The summed E-state index contributed by atoms with van der Waals surface area (Å²) in [7, 11) is 4.22. The Morgan fingerprint density at radius 3 is 2.75 bits per heavy atom. The van der Waals surface area contributed by atoms with E-state index in [0.717, 1.165) is 48.3 Å². The Balaban J connectivity index is 1.64. The van der Waals surface area contributed by atoms with E-state index in [1.807, 2.05) is 30.2 Å². The van der Waals surface area contributed by atoms with Crippen molar-refractivity contribution in [3.63, 3.8) is 0 Å². The van der Waals surface area contributed by atoms with Crippen molar-refractivity contribution in [2.75, 3.05) is 27.2 Å². The van der Waals surface area contributed by atoms with Crippen LogP contribution in [0.2, 0.25) is 0 Å². The highest BCUT2D eigenvalue weighted by Crippen LogP contribution is 2.23. The van der Waals surface area contributed by atoms with Crippen LogP contribution in [0.3, 0.4) is 0 Å². The van der Waals surface area contributed by atoms with E-state index >= 15 is 0 Å². The minimum Gasteiger partial charge on any atom is -0.342 e. The standard InChI is InChI=1S/C19H25N4O/c1-14-18(13-20-21-14)16-6-4-5-15(11-16)12-19(24)23-9-7-17(8-10-23)22(2)3/h5-6,11,13,17H,7-10,12H2,1-3H3,(H,20,21). The highest BCUT2D eigenvalue weighted by atomic mass is 16.2. The number of carbonyl (C=O) groups is 1. The molecule has 0 atom stereocenters. The highest BCUT2D eigenvalue weighted by molar-refractivity contribution is 5.79. The van der Waals surface area contributed by atoms with Gasteiger partial charge in [-0.15, -0.1) is 0 Å². The number of aromatic amines is 1. The lowest BCUT2D eigenvalue weighted by molar-refractivity contribution is -0.131. The van der Waals surface area contributed by atoms with Crippen LogP contribution in [0.15, 0.2) is 24.4 Å². The van der Waals surface area contributed by atoms with Gasteiger partial charge in [0.15, 0.2) is 0 Å². The van der Waals surface area contributed by atoms with Crippen molar-refractivity contribution in [3.05, 3.63) is 41.7 Å². The van der Waals surface area contributed by atoms with Crippen LogP contribution < -0.4 is 0 Å². The third kappa shape index (κ3) is 3.67. The Morgan fingerprint density at radius 2 is 2.12 bits per heavy atom. The zero-order valence-electron chi connectivity index (χ0n) is 14.7. The number of aryl methyl sites for hydroxylation is 1. The summed E-state index contributed by atoms with van der Waals surface area (Å²) in [5.74, 6) is 0.210. The first-order valence-electron chi connectivity index (χ1n) is 8.49. The molecule has 1 saturated heterocycles. The minimum atomic E-state index is 0.210. The molecule has 5 nitrogen and oxygen atoms in total. The van der Waals surface area contributed by atoms with Gasteiger partial charge in [-0.25, -0.2) is 0 Å². The number of benzene rings is 1. The summed E-state index contributed by atoms with van der Waals surface area (Å²) < 4.78 is 0. The molecular weight excluding hydrogens is 300 g/mol. The van der Waals surface area contributed by atoms with Crippen LogP contribution in [0.5, 0.6) is 0 Å². The Labute approximate surface area is 143 Å². The van der Waals surface area contributed by atoms with Gasteiger partial charge in [-0.1, -0.05) is 12.1 Å². The quantitative estimate of drug-likeness (QED) is 0.938. The first-order valence-corrected chi connectivity index (χ1v) is 8.49. The number of likely N-dealkylation sites (tertiary alicyclic amines) is 1. The summed E-state index contributed by atoms with van der Waals surface area (Å²) >= 11 is 0. The summed E-state index contributed by atoms with van der Waals surface area (Å²) in [4.78, 5) is 16.8. The van der Waals surface area contributed by atoms with Gasteiger partial charge < -0.3 is 9.80 Å². The number of amides is 1. The molecule has 127 valence electrons. The van der Waals surface area contributed by atoms with Gasteiger partial charge in [0.25, 0.3) is 0 Å². The van der Waals surface area contributed by atoms with E-state index in [9.17, 15) is 4.79 Å². The number of hydrogen-bond donors (Lipinski definition) is 1. The fourth-order valence-corrected chi connectivity index (χ4v) is 3.35. The van der Waals surface area contributed by atoms with Crippen molar-refractivity contribution in [1.82, 2.24) is 20.0 Å². The van der Waals surface area contributed by atoms with Gasteiger partial charge in [0.1, 0.15) is 0 Å². The lowest BCUT2D eigenvalue weighted by Crippen LogP contribution is -2.44. The van der Waals surface area contributed by atoms with Crippen molar-refractivity contribution in [2.45, 2.75) is 32.2 Å². The molecule has 1 aliphatic heterocycles. The van der Waals surface area contributed by atoms with Crippen LogP contribution >= 0.6 is 0 Å². The van der Waals surface area contributed by atoms with E-state index in [1.165, 1.54) is 0 Å². The van der Waals surface area contributed by atoms with E-state index in [-0.39, 0.29) is 5.91 Å². The maximum Gasteiger partial charge on any atom is 0.226 e. The highest BCUT2D eigenvalue weighted by Gasteiger charge is 2.23. The molecule has 0 bridgehead atoms. The molecule has 1 fully saturated rings. The predicted molar refractivity (Wildman–Crippen MR) is 94.6 cm³/mol. The summed E-state index contributed by atoms with van der Waals surface area (Å²) in [6.45, 7) is 3.68. The van der Waals surface area contributed by atoms with Crippen molar-refractivity contribution in [2.24, 2.45) is 0 Å². The van der Waals surface area contributed by atoms with Gasteiger partial charge in [-0.05, 0) is 57.1 Å². The van der Waals surface area contributed by atoms with Crippen molar-refractivity contribution >= 4 is 5.91 Å². The van der Waals surface area contributed by atoms with Crippen LogP contribution in [0.1, 0.15) is 24.1 Å². The molecule has 1 radical (unpaired) electrons. The molecular formula is C19H25N4O. The molecule has 1 amide bonds. The van der Waals surface area contributed by atoms with Crippen LogP contribution in [-0.2, 0) is 11.2 Å². The number of rotatable bonds is 4. The fraction of sp³-hybridized carbons (Fsp3) is 0.474.